The second-order valence-corrected chi connectivity index (χ2v) is 7.34. The molecule has 0 radical (unpaired) electrons. The van der Waals surface area contributed by atoms with Gasteiger partial charge in [0.25, 0.3) is 5.91 Å². The predicted octanol–water partition coefficient (Wildman–Crippen LogP) is 3.05. The van der Waals surface area contributed by atoms with Gasteiger partial charge >= 0.3 is 0 Å². The Bertz CT molecular complexity index is 865. The number of anilines is 1. The van der Waals surface area contributed by atoms with Gasteiger partial charge in [0.2, 0.25) is 5.95 Å². The lowest BCUT2D eigenvalue weighted by Crippen LogP contribution is -2.36. The molecule has 1 aromatic heterocycles. The summed E-state index contributed by atoms with van der Waals surface area (Å²) < 4.78 is 10.8. The fourth-order valence-electron chi connectivity index (χ4n) is 4.02. The van der Waals surface area contributed by atoms with Crippen molar-refractivity contribution in [2.24, 2.45) is 0 Å². The summed E-state index contributed by atoms with van der Waals surface area (Å²) in [7, 11) is 3.25. The summed E-state index contributed by atoms with van der Waals surface area (Å²) in [5.74, 6) is 1.87. The summed E-state index contributed by atoms with van der Waals surface area (Å²) in [6, 6.07) is 6.06. The number of carbonyl (C=O) groups excluding carboxylic acids is 1. The van der Waals surface area contributed by atoms with E-state index in [9.17, 15) is 4.79 Å². The largest absolute Gasteiger partial charge is 0.493 e. The summed E-state index contributed by atoms with van der Waals surface area (Å²) in [5, 5.41) is 3.36. The van der Waals surface area contributed by atoms with Gasteiger partial charge in [0, 0.05) is 25.3 Å². The van der Waals surface area contributed by atoms with Crippen molar-refractivity contribution in [2.75, 3.05) is 26.1 Å². The van der Waals surface area contributed by atoms with Gasteiger partial charge in [0.1, 0.15) is 5.69 Å². The van der Waals surface area contributed by atoms with Crippen LogP contribution >= 0.6 is 0 Å². The van der Waals surface area contributed by atoms with Gasteiger partial charge in [-0.25, -0.2) is 9.97 Å². The number of carbonyl (C=O) groups is 1. The van der Waals surface area contributed by atoms with Gasteiger partial charge in [0.05, 0.1) is 14.2 Å². The number of aromatic nitrogens is 2. The number of methoxy groups -OCH3 is 2. The number of ether oxygens (including phenoxy) is 2. The minimum Gasteiger partial charge on any atom is -0.493 e. The summed E-state index contributed by atoms with van der Waals surface area (Å²) >= 11 is 0. The summed E-state index contributed by atoms with van der Waals surface area (Å²) in [4.78, 5) is 23.6. The highest BCUT2D eigenvalue weighted by Gasteiger charge is 2.25. The van der Waals surface area contributed by atoms with Gasteiger partial charge in [-0.15, -0.1) is 0 Å². The quantitative estimate of drug-likeness (QED) is 0.857. The molecule has 7 heteroatoms. The third-order valence-electron chi connectivity index (χ3n) is 5.57. The van der Waals surface area contributed by atoms with Crippen LogP contribution in [-0.2, 0) is 13.0 Å². The van der Waals surface area contributed by atoms with E-state index in [2.05, 4.69) is 15.3 Å². The van der Waals surface area contributed by atoms with E-state index in [1.54, 1.807) is 26.5 Å². The van der Waals surface area contributed by atoms with Crippen molar-refractivity contribution in [1.82, 2.24) is 14.9 Å². The van der Waals surface area contributed by atoms with Crippen LogP contribution in [0.2, 0.25) is 0 Å². The first-order valence-corrected chi connectivity index (χ1v) is 9.80. The fraction of sp³-hybridized carbons (Fsp3) is 0.476. The molecule has 0 spiro atoms. The standard InChI is InChI=1S/C21H26N4O3/c1-27-18-11-14-8-10-25(13-15(14)12-19(18)28-2)20(26)17-7-9-22-21(24-17)23-16-5-3-4-6-16/h7,9,11-12,16H,3-6,8,10,13H2,1-2H3,(H,22,23,24). The molecule has 2 aliphatic rings. The van der Waals surface area contributed by atoms with Crippen LogP contribution in [0.5, 0.6) is 11.5 Å². The van der Waals surface area contributed by atoms with Crippen molar-refractivity contribution in [3.63, 3.8) is 0 Å². The molecule has 0 saturated heterocycles. The highest BCUT2D eigenvalue weighted by Crippen LogP contribution is 2.33. The van der Waals surface area contributed by atoms with E-state index in [4.69, 9.17) is 9.47 Å². The van der Waals surface area contributed by atoms with Crippen LogP contribution in [-0.4, -0.2) is 47.6 Å². The van der Waals surface area contributed by atoms with Crippen LogP contribution in [0.15, 0.2) is 24.4 Å². The van der Waals surface area contributed by atoms with E-state index in [-0.39, 0.29) is 5.91 Å². The van der Waals surface area contributed by atoms with Gasteiger partial charge in [-0.3, -0.25) is 4.79 Å². The molecular formula is C21H26N4O3. The van der Waals surface area contributed by atoms with E-state index >= 15 is 0 Å². The van der Waals surface area contributed by atoms with Crippen molar-refractivity contribution in [2.45, 2.75) is 44.7 Å². The van der Waals surface area contributed by atoms with E-state index < -0.39 is 0 Å². The molecule has 1 saturated carbocycles. The highest BCUT2D eigenvalue weighted by atomic mass is 16.5. The van der Waals surface area contributed by atoms with Crippen LogP contribution in [0.25, 0.3) is 0 Å². The molecule has 148 valence electrons. The lowest BCUT2D eigenvalue weighted by atomic mass is 9.98. The van der Waals surface area contributed by atoms with Crippen molar-refractivity contribution in [1.29, 1.82) is 0 Å². The second kappa shape index (κ2) is 8.04. The summed E-state index contributed by atoms with van der Waals surface area (Å²) in [5.41, 5.74) is 2.70. The van der Waals surface area contributed by atoms with Gasteiger partial charge in [-0.1, -0.05) is 12.8 Å². The topological polar surface area (TPSA) is 76.6 Å². The van der Waals surface area contributed by atoms with Crippen LogP contribution in [0.3, 0.4) is 0 Å². The zero-order chi connectivity index (χ0) is 19.5. The third-order valence-corrected chi connectivity index (χ3v) is 5.57. The second-order valence-electron chi connectivity index (χ2n) is 7.34. The van der Waals surface area contributed by atoms with Gasteiger partial charge in [-0.2, -0.15) is 0 Å². The Morgan fingerprint density at radius 1 is 1.14 bits per heavy atom. The molecule has 1 amide bonds. The third kappa shape index (κ3) is 3.74. The minimum absolute atomic E-state index is 0.0719. The smallest absolute Gasteiger partial charge is 0.272 e. The van der Waals surface area contributed by atoms with Crippen LogP contribution in [0, 0.1) is 0 Å². The molecular weight excluding hydrogens is 356 g/mol. The van der Waals surface area contributed by atoms with E-state index in [1.807, 2.05) is 17.0 Å². The first kappa shape index (κ1) is 18.5. The predicted molar refractivity (Wildman–Crippen MR) is 106 cm³/mol. The van der Waals surface area contributed by atoms with Crippen LogP contribution in [0.4, 0.5) is 5.95 Å². The molecule has 1 fully saturated rings. The van der Waals surface area contributed by atoms with Gasteiger partial charge in [0.15, 0.2) is 11.5 Å². The molecule has 0 unspecified atom stereocenters. The lowest BCUT2D eigenvalue weighted by molar-refractivity contribution is 0.0728. The molecule has 1 aromatic carbocycles. The van der Waals surface area contributed by atoms with Crippen molar-refractivity contribution < 1.29 is 14.3 Å². The average Bonchev–Trinajstić information content (AvgIpc) is 3.25. The molecule has 0 bridgehead atoms. The van der Waals surface area contributed by atoms with Crippen molar-refractivity contribution in [3.05, 3.63) is 41.2 Å². The number of benzene rings is 1. The minimum atomic E-state index is -0.0719. The molecule has 4 rings (SSSR count). The number of amides is 1. The van der Waals surface area contributed by atoms with Crippen LogP contribution in [0.1, 0.15) is 47.3 Å². The maximum atomic E-state index is 13.0. The molecule has 2 heterocycles. The van der Waals surface area contributed by atoms with E-state index in [0.29, 0.717) is 36.5 Å². The monoisotopic (exact) mass is 382 g/mol. The van der Waals surface area contributed by atoms with Crippen LogP contribution < -0.4 is 14.8 Å². The molecule has 1 N–H and O–H groups in total. The molecule has 7 nitrogen and oxygen atoms in total. The number of fused-ring (bicyclic) bond motifs is 1. The SMILES string of the molecule is COc1cc2c(cc1OC)CN(C(=O)c1ccnc(NC3CCCC3)n1)CC2. The normalized spacial score (nSPS) is 16.6. The van der Waals surface area contributed by atoms with Crippen molar-refractivity contribution in [3.8, 4) is 11.5 Å². The number of rotatable bonds is 5. The molecule has 0 atom stereocenters. The highest BCUT2D eigenvalue weighted by molar-refractivity contribution is 5.92. The first-order chi connectivity index (χ1) is 13.7. The average molecular weight is 382 g/mol. The fourth-order valence-corrected chi connectivity index (χ4v) is 4.02. The Balaban J connectivity index is 1.50. The lowest BCUT2D eigenvalue weighted by Gasteiger charge is -2.29. The van der Waals surface area contributed by atoms with E-state index in [0.717, 1.165) is 30.6 Å². The summed E-state index contributed by atoms with van der Waals surface area (Å²) in [6.45, 7) is 1.18. The Morgan fingerprint density at radius 2 is 1.86 bits per heavy atom. The molecule has 1 aliphatic carbocycles. The van der Waals surface area contributed by atoms with Gasteiger partial charge in [-0.05, 0) is 48.6 Å². The number of nitrogens with zero attached hydrogens (tertiary/aromatic N) is 3. The van der Waals surface area contributed by atoms with E-state index in [1.165, 1.54) is 18.4 Å². The summed E-state index contributed by atoms with van der Waals surface area (Å²) in [6.07, 6.45) is 7.17. The zero-order valence-corrected chi connectivity index (χ0v) is 16.4. The first-order valence-electron chi connectivity index (χ1n) is 9.80. The maximum Gasteiger partial charge on any atom is 0.272 e. The zero-order valence-electron chi connectivity index (χ0n) is 16.4. The number of hydrogen-bond acceptors (Lipinski definition) is 6. The molecule has 2 aromatic rings. The number of nitrogens with one attached hydrogen (secondary N) is 1. The Labute approximate surface area is 165 Å². The van der Waals surface area contributed by atoms with Gasteiger partial charge < -0.3 is 19.7 Å². The Morgan fingerprint density at radius 3 is 2.57 bits per heavy atom. The maximum absolute atomic E-state index is 13.0. The Kier molecular flexibility index (Phi) is 5.32. The molecule has 28 heavy (non-hydrogen) atoms. The molecule has 1 aliphatic heterocycles. The number of hydrogen-bond donors (Lipinski definition) is 1. The Hall–Kier alpha value is -2.83. The van der Waals surface area contributed by atoms with Crippen molar-refractivity contribution >= 4 is 11.9 Å².